The van der Waals surface area contributed by atoms with E-state index < -0.39 is 0 Å². The van der Waals surface area contributed by atoms with Gasteiger partial charge in [-0.05, 0) is 105 Å². The molecule has 0 aliphatic rings. The van der Waals surface area contributed by atoms with Crippen LogP contribution in [0.25, 0.3) is 78.9 Å². The molecule has 0 N–H and O–H groups in total. The molecule has 0 amide bonds. The Morgan fingerprint density at radius 1 is 0.269 bits per heavy atom. The molecule has 0 bridgehead atoms. The second kappa shape index (κ2) is 14.0. The van der Waals surface area contributed by atoms with Crippen LogP contribution in [0.2, 0.25) is 0 Å². The normalized spacial score (nSPS) is 11.1. The summed E-state index contributed by atoms with van der Waals surface area (Å²) in [5, 5.41) is 0. The Hall–Kier alpha value is -6.59. The number of nitrogens with zero attached hydrogens (tertiary/aromatic N) is 5. The highest BCUT2D eigenvalue weighted by Gasteiger charge is 2.16. The van der Waals surface area contributed by atoms with Crippen LogP contribution in [0.4, 0.5) is 0 Å². The minimum atomic E-state index is 0.618. The summed E-state index contributed by atoms with van der Waals surface area (Å²) >= 11 is 0. The van der Waals surface area contributed by atoms with E-state index in [1.807, 2.05) is 50.2 Å². The van der Waals surface area contributed by atoms with Gasteiger partial charge in [-0.3, -0.25) is 9.97 Å². The minimum Gasteiger partial charge on any atom is -0.253 e. The summed E-state index contributed by atoms with van der Waals surface area (Å²) in [7, 11) is 0. The highest BCUT2D eigenvalue weighted by Crippen LogP contribution is 2.35. The lowest BCUT2D eigenvalue weighted by Crippen LogP contribution is -2.01. The van der Waals surface area contributed by atoms with Gasteiger partial charge in [-0.1, -0.05) is 108 Å². The first kappa shape index (κ1) is 32.6. The molecule has 8 rings (SSSR count). The number of pyridine rings is 2. The molecule has 0 saturated carbocycles. The van der Waals surface area contributed by atoms with Gasteiger partial charge in [-0.15, -0.1) is 0 Å². The Labute approximate surface area is 304 Å². The van der Waals surface area contributed by atoms with Crippen LogP contribution in [-0.2, 0) is 0 Å². The van der Waals surface area contributed by atoms with Crippen LogP contribution < -0.4 is 0 Å². The largest absolute Gasteiger partial charge is 0.253 e. The third-order valence-electron chi connectivity index (χ3n) is 9.18. The quantitative estimate of drug-likeness (QED) is 0.169. The van der Waals surface area contributed by atoms with E-state index in [9.17, 15) is 0 Å². The molecule has 0 aliphatic heterocycles. The first-order valence-corrected chi connectivity index (χ1v) is 17.5. The van der Waals surface area contributed by atoms with E-state index in [0.717, 1.165) is 84.0 Å². The molecule has 5 heteroatoms. The smallest absolute Gasteiger partial charge is 0.164 e. The van der Waals surface area contributed by atoms with Crippen LogP contribution in [0.1, 0.15) is 22.5 Å². The van der Waals surface area contributed by atoms with Crippen molar-refractivity contribution in [3.63, 3.8) is 0 Å². The molecule has 52 heavy (non-hydrogen) atoms. The average molecular weight is 672 g/mol. The zero-order valence-electron chi connectivity index (χ0n) is 29.7. The number of aryl methyl sites for hydroxylation is 4. The predicted octanol–water partition coefficient (Wildman–Crippen LogP) is 11.6. The van der Waals surface area contributed by atoms with Crippen molar-refractivity contribution in [3.8, 4) is 78.9 Å². The fourth-order valence-electron chi connectivity index (χ4n) is 6.50. The molecule has 250 valence electrons. The minimum absolute atomic E-state index is 0.618. The Kier molecular flexibility index (Phi) is 8.76. The molecule has 0 unspecified atom stereocenters. The van der Waals surface area contributed by atoms with E-state index in [0.29, 0.717) is 17.5 Å². The maximum atomic E-state index is 5.12. The first-order valence-electron chi connectivity index (χ1n) is 17.5. The number of hydrogen-bond acceptors (Lipinski definition) is 5. The maximum absolute atomic E-state index is 5.12. The lowest BCUT2D eigenvalue weighted by atomic mass is 9.94. The summed E-state index contributed by atoms with van der Waals surface area (Å²) in [6, 6.07) is 52.7. The molecule has 5 nitrogen and oxygen atoms in total. The number of rotatable bonds is 7. The lowest BCUT2D eigenvalue weighted by Gasteiger charge is -2.13. The van der Waals surface area contributed by atoms with E-state index in [1.165, 1.54) is 0 Å². The average Bonchev–Trinajstić information content (AvgIpc) is 3.18. The van der Waals surface area contributed by atoms with Gasteiger partial charge in [-0.2, -0.15) is 0 Å². The van der Waals surface area contributed by atoms with Gasteiger partial charge in [0.15, 0.2) is 17.5 Å². The van der Waals surface area contributed by atoms with Crippen LogP contribution in [0, 0.1) is 27.7 Å². The van der Waals surface area contributed by atoms with Crippen molar-refractivity contribution in [2.75, 3.05) is 0 Å². The monoisotopic (exact) mass is 671 g/mol. The summed E-state index contributed by atoms with van der Waals surface area (Å²) in [5.41, 5.74) is 15.5. The summed E-state index contributed by atoms with van der Waals surface area (Å²) in [6.45, 7) is 8.21. The topological polar surface area (TPSA) is 64.5 Å². The number of hydrogen-bond donors (Lipinski definition) is 0. The SMILES string of the molecule is Cc1cccc(-c2nc(-c3cccc(C)c3)nc(-c3cc(-c4ccc(-c5cccc(C)n5)cc4)cc(-c4ccc(-c5cccc(C)n5)cc4)c3)n2)c1. The molecule has 0 atom stereocenters. The second-order valence-corrected chi connectivity index (χ2v) is 13.3. The standard InChI is InChI=1S/C47H37N5/c1-30-9-5-13-38(25-30)45-50-46(39-14-6-10-31(2)26-39)52-47(51-45)42-28-40(34-17-21-36(22-18-34)43-15-7-11-32(3)48-43)27-41(29-42)35-19-23-37(24-20-35)44-16-8-12-33(4)49-44/h5-29H,1-4H3. The van der Waals surface area contributed by atoms with Crippen molar-refractivity contribution in [2.24, 2.45) is 0 Å². The van der Waals surface area contributed by atoms with Crippen molar-refractivity contribution >= 4 is 0 Å². The molecule has 0 aliphatic carbocycles. The number of benzene rings is 5. The van der Waals surface area contributed by atoms with Gasteiger partial charge in [0, 0.05) is 39.2 Å². The van der Waals surface area contributed by atoms with Crippen LogP contribution in [0.3, 0.4) is 0 Å². The van der Waals surface area contributed by atoms with Crippen molar-refractivity contribution in [1.82, 2.24) is 24.9 Å². The van der Waals surface area contributed by atoms with Crippen molar-refractivity contribution in [1.29, 1.82) is 0 Å². The third-order valence-corrected chi connectivity index (χ3v) is 9.18. The van der Waals surface area contributed by atoms with Crippen molar-refractivity contribution < 1.29 is 0 Å². The van der Waals surface area contributed by atoms with Gasteiger partial charge in [0.25, 0.3) is 0 Å². The van der Waals surface area contributed by atoms with Crippen LogP contribution in [0.5, 0.6) is 0 Å². The van der Waals surface area contributed by atoms with E-state index in [1.54, 1.807) is 0 Å². The van der Waals surface area contributed by atoms with Crippen molar-refractivity contribution in [2.45, 2.75) is 27.7 Å². The fraction of sp³-hybridized carbons (Fsp3) is 0.0851. The third kappa shape index (κ3) is 7.03. The summed E-state index contributed by atoms with van der Waals surface area (Å²) in [4.78, 5) is 24.7. The first-order chi connectivity index (χ1) is 25.3. The molecule has 0 spiro atoms. The van der Waals surface area contributed by atoms with Gasteiger partial charge in [-0.25, -0.2) is 15.0 Å². The highest BCUT2D eigenvalue weighted by molar-refractivity contribution is 5.82. The molecule has 0 fully saturated rings. The molecule has 5 aromatic carbocycles. The Balaban J connectivity index is 1.29. The van der Waals surface area contributed by atoms with Crippen LogP contribution in [0.15, 0.2) is 152 Å². The molecule has 3 heterocycles. The predicted molar refractivity (Wildman–Crippen MR) is 212 cm³/mol. The maximum Gasteiger partial charge on any atom is 0.164 e. The molecule has 0 saturated heterocycles. The van der Waals surface area contributed by atoms with Gasteiger partial charge < -0.3 is 0 Å². The van der Waals surface area contributed by atoms with E-state index in [-0.39, 0.29) is 0 Å². The van der Waals surface area contributed by atoms with Gasteiger partial charge in [0.1, 0.15) is 0 Å². The van der Waals surface area contributed by atoms with Crippen LogP contribution >= 0.6 is 0 Å². The molecule has 0 radical (unpaired) electrons. The lowest BCUT2D eigenvalue weighted by molar-refractivity contribution is 1.07. The fourth-order valence-corrected chi connectivity index (χ4v) is 6.50. The zero-order valence-corrected chi connectivity index (χ0v) is 29.7. The summed E-state index contributed by atoms with van der Waals surface area (Å²) < 4.78 is 0. The van der Waals surface area contributed by atoms with Gasteiger partial charge in [0.2, 0.25) is 0 Å². The summed E-state index contributed by atoms with van der Waals surface area (Å²) in [5.74, 6) is 1.90. The van der Waals surface area contributed by atoms with E-state index in [4.69, 9.17) is 24.9 Å². The van der Waals surface area contributed by atoms with Gasteiger partial charge in [0.05, 0.1) is 11.4 Å². The molecule has 8 aromatic rings. The highest BCUT2D eigenvalue weighted by atomic mass is 15.0. The van der Waals surface area contributed by atoms with Gasteiger partial charge >= 0.3 is 0 Å². The second-order valence-electron chi connectivity index (χ2n) is 13.3. The molecular weight excluding hydrogens is 635 g/mol. The Bertz CT molecular complexity index is 2380. The number of aromatic nitrogens is 5. The van der Waals surface area contributed by atoms with E-state index in [2.05, 4.69) is 129 Å². The summed E-state index contributed by atoms with van der Waals surface area (Å²) in [6.07, 6.45) is 0. The van der Waals surface area contributed by atoms with E-state index >= 15 is 0 Å². The Morgan fingerprint density at radius 2 is 0.635 bits per heavy atom. The zero-order chi connectivity index (χ0) is 35.6. The van der Waals surface area contributed by atoms with Crippen molar-refractivity contribution in [3.05, 3.63) is 174 Å². The van der Waals surface area contributed by atoms with Crippen LogP contribution in [-0.4, -0.2) is 24.9 Å². The Morgan fingerprint density at radius 3 is 1.04 bits per heavy atom. The molecular formula is C47H37N5. The molecule has 3 aromatic heterocycles.